The Morgan fingerprint density at radius 2 is 2.15 bits per heavy atom. The molecule has 1 aromatic carbocycles. The van der Waals surface area contributed by atoms with E-state index in [2.05, 4.69) is 10.3 Å². The topological polar surface area (TPSA) is 45.1 Å². The van der Waals surface area contributed by atoms with Crippen molar-refractivity contribution in [2.75, 3.05) is 18.5 Å². The number of pyridine rings is 1. The number of aromatic nitrogens is 1. The van der Waals surface area contributed by atoms with Gasteiger partial charge in [-0.1, -0.05) is 18.0 Å². The van der Waals surface area contributed by atoms with Crippen LogP contribution in [-0.2, 0) is 0 Å². The molecule has 3 nitrogen and oxygen atoms in total. The fourth-order valence-corrected chi connectivity index (χ4v) is 3.16. The molecule has 0 saturated heterocycles. The Bertz CT molecular complexity index is 610. The van der Waals surface area contributed by atoms with Crippen molar-refractivity contribution in [3.8, 4) is 0 Å². The molecule has 3 rings (SSSR count). The zero-order chi connectivity index (χ0) is 14.0. The van der Waals surface area contributed by atoms with E-state index in [1.807, 2.05) is 30.5 Å². The molecule has 0 bridgehead atoms. The maximum atomic E-state index is 9.22. The second-order valence-electron chi connectivity index (χ2n) is 5.70. The third kappa shape index (κ3) is 2.60. The van der Waals surface area contributed by atoms with Crippen LogP contribution in [0.3, 0.4) is 0 Å². The number of hydrogen-bond donors (Lipinski definition) is 2. The van der Waals surface area contributed by atoms with Crippen LogP contribution in [0.2, 0.25) is 5.02 Å². The molecule has 0 amide bonds. The van der Waals surface area contributed by atoms with Crippen LogP contribution in [0, 0.1) is 5.41 Å². The Hall–Kier alpha value is -1.32. The number of nitrogens with one attached hydrogen (secondary N) is 1. The van der Waals surface area contributed by atoms with Crippen molar-refractivity contribution in [3.05, 3.63) is 35.5 Å². The highest BCUT2D eigenvalue weighted by Gasteiger charge is 2.36. The SMILES string of the molecule is OCCC1(CNc2ccnc3ccc(Cl)cc23)CCC1. The summed E-state index contributed by atoms with van der Waals surface area (Å²) in [6.45, 7) is 1.17. The van der Waals surface area contributed by atoms with Crippen molar-refractivity contribution in [1.29, 1.82) is 0 Å². The molecule has 2 N–H and O–H groups in total. The Kier molecular flexibility index (Phi) is 3.81. The van der Waals surface area contributed by atoms with E-state index in [-0.39, 0.29) is 12.0 Å². The summed E-state index contributed by atoms with van der Waals surface area (Å²) in [7, 11) is 0. The van der Waals surface area contributed by atoms with Crippen LogP contribution in [-0.4, -0.2) is 23.2 Å². The summed E-state index contributed by atoms with van der Waals surface area (Å²) < 4.78 is 0. The molecule has 1 fully saturated rings. The first-order valence-corrected chi connectivity index (χ1v) is 7.49. The van der Waals surface area contributed by atoms with E-state index in [0.29, 0.717) is 0 Å². The van der Waals surface area contributed by atoms with Crippen molar-refractivity contribution in [2.24, 2.45) is 5.41 Å². The van der Waals surface area contributed by atoms with Crippen LogP contribution >= 0.6 is 11.6 Å². The fraction of sp³-hybridized carbons (Fsp3) is 0.438. The van der Waals surface area contributed by atoms with Crippen LogP contribution in [0.1, 0.15) is 25.7 Å². The minimum atomic E-state index is 0.267. The van der Waals surface area contributed by atoms with Crippen molar-refractivity contribution in [3.63, 3.8) is 0 Å². The third-order valence-corrected chi connectivity index (χ3v) is 4.65. The van der Waals surface area contributed by atoms with Gasteiger partial charge in [-0.15, -0.1) is 0 Å². The lowest BCUT2D eigenvalue weighted by Gasteiger charge is -2.42. The van der Waals surface area contributed by atoms with Gasteiger partial charge in [-0.2, -0.15) is 0 Å². The third-order valence-electron chi connectivity index (χ3n) is 4.41. The highest BCUT2D eigenvalue weighted by Crippen LogP contribution is 2.44. The molecule has 1 aliphatic carbocycles. The molecule has 4 heteroatoms. The zero-order valence-corrected chi connectivity index (χ0v) is 12.2. The fourth-order valence-electron chi connectivity index (χ4n) is 2.98. The highest BCUT2D eigenvalue weighted by molar-refractivity contribution is 6.31. The summed E-state index contributed by atoms with van der Waals surface area (Å²) in [5.41, 5.74) is 2.29. The van der Waals surface area contributed by atoms with Crippen molar-refractivity contribution in [2.45, 2.75) is 25.7 Å². The van der Waals surface area contributed by atoms with Crippen LogP contribution in [0.5, 0.6) is 0 Å². The zero-order valence-electron chi connectivity index (χ0n) is 11.4. The van der Waals surface area contributed by atoms with E-state index >= 15 is 0 Å². The van der Waals surface area contributed by atoms with E-state index in [1.54, 1.807) is 0 Å². The molecular weight excluding hydrogens is 272 g/mol. The van der Waals surface area contributed by atoms with E-state index in [9.17, 15) is 5.11 Å². The van der Waals surface area contributed by atoms with Crippen LogP contribution in [0.25, 0.3) is 10.9 Å². The molecule has 106 valence electrons. The largest absolute Gasteiger partial charge is 0.396 e. The summed E-state index contributed by atoms with van der Waals surface area (Å²) in [5.74, 6) is 0. The van der Waals surface area contributed by atoms with Gasteiger partial charge in [0, 0.05) is 35.4 Å². The second kappa shape index (κ2) is 5.58. The van der Waals surface area contributed by atoms with Gasteiger partial charge < -0.3 is 10.4 Å². The lowest BCUT2D eigenvalue weighted by Crippen LogP contribution is -2.37. The van der Waals surface area contributed by atoms with Crippen molar-refractivity contribution < 1.29 is 5.11 Å². The number of aliphatic hydroxyl groups excluding tert-OH is 1. The van der Waals surface area contributed by atoms with Crippen LogP contribution in [0.4, 0.5) is 5.69 Å². The molecule has 1 heterocycles. The van der Waals surface area contributed by atoms with Crippen LogP contribution in [0.15, 0.2) is 30.5 Å². The number of fused-ring (bicyclic) bond motifs is 1. The number of hydrogen-bond acceptors (Lipinski definition) is 3. The Labute approximate surface area is 124 Å². The summed E-state index contributed by atoms with van der Waals surface area (Å²) in [6, 6.07) is 7.74. The molecule has 0 radical (unpaired) electrons. The van der Waals surface area contributed by atoms with Gasteiger partial charge in [-0.25, -0.2) is 0 Å². The molecule has 2 aromatic rings. The molecule has 1 aromatic heterocycles. The minimum absolute atomic E-state index is 0.267. The summed E-state index contributed by atoms with van der Waals surface area (Å²) in [6.07, 6.45) is 6.36. The van der Waals surface area contributed by atoms with Crippen molar-refractivity contribution >= 4 is 28.2 Å². The van der Waals surface area contributed by atoms with Gasteiger partial charge in [0.1, 0.15) is 0 Å². The summed E-state index contributed by atoms with van der Waals surface area (Å²) >= 11 is 6.08. The average molecular weight is 291 g/mol. The van der Waals surface area contributed by atoms with Gasteiger partial charge >= 0.3 is 0 Å². The quantitative estimate of drug-likeness (QED) is 0.879. The van der Waals surface area contributed by atoms with Crippen molar-refractivity contribution in [1.82, 2.24) is 4.98 Å². The van der Waals surface area contributed by atoms with E-state index in [0.717, 1.165) is 34.6 Å². The maximum Gasteiger partial charge on any atom is 0.0723 e. The lowest BCUT2D eigenvalue weighted by atomic mass is 9.67. The number of benzene rings is 1. The number of nitrogens with zero attached hydrogens (tertiary/aromatic N) is 1. The first-order valence-electron chi connectivity index (χ1n) is 7.11. The molecule has 1 aliphatic rings. The number of anilines is 1. The number of rotatable bonds is 5. The van der Waals surface area contributed by atoms with E-state index in [4.69, 9.17) is 11.6 Å². The van der Waals surface area contributed by atoms with E-state index < -0.39 is 0 Å². The first-order chi connectivity index (χ1) is 9.72. The lowest BCUT2D eigenvalue weighted by molar-refractivity contribution is 0.102. The average Bonchev–Trinajstić information content (AvgIpc) is 2.41. The van der Waals surface area contributed by atoms with Gasteiger partial charge in [0.2, 0.25) is 0 Å². The van der Waals surface area contributed by atoms with Crippen LogP contribution < -0.4 is 5.32 Å². The number of halogens is 1. The summed E-state index contributed by atoms with van der Waals surface area (Å²) in [5, 5.41) is 14.5. The van der Waals surface area contributed by atoms with Gasteiger partial charge in [0.05, 0.1) is 5.52 Å². The molecule has 0 aliphatic heterocycles. The normalized spacial score (nSPS) is 16.9. The van der Waals surface area contributed by atoms with Gasteiger partial charge in [-0.3, -0.25) is 4.98 Å². The molecule has 20 heavy (non-hydrogen) atoms. The van der Waals surface area contributed by atoms with E-state index in [1.165, 1.54) is 19.3 Å². The molecule has 1 saturated carbocycles. The van der Waals surface area contributed by atoms with Gasteiger partial charge in [0.15, 0.2) is 0 Å². The number of aliphatic hydroxyl groups is 1. The Balaban J connectivity index is 1.82. The maximum absolute atomic E-state index is 9.22. The first kappa shape index (κ1) is 13.7. The minimum Gasteiger partial charge on any atom is -0.396 e. The molecule has 0 unspecified atom stereocenters. The Morgan fingerprint density at radius 3 is 2.85 bits per heavy atom. The molecule has 0 spiro atoms. The predicted molar refractivity (Wildman–Crippen MR) is 83.2 cm³/mol. The second-order valence-corrected chi connectivity index (χ2v) is 6.14. The molecule has 0 atom stereocenters. The standard InChI is InChI=1S/C16H19ClN2O/c17-12-2-3-14-13(10-12)15(4-8-18-14)19-11-16(7-9-20)5-1-6-16/h2-4,8,10,20H,1,5-7,9,11H2,(H,18,19). The predicted octanol–water partition coefficient (Wildman–Crippen LogP) is 3.85. The smallest absolute Gasteiger partial charge is 0.0723 e. The van der Waals surface area contributed by atoms with Gasteiger partial charge in [0.25, 0.3) is 0 Å². The van der Waals surface area contributed by atoms with Gasteiger partial charge in [-0.05, 0) is 48.9 Å². The Morgan fingerprint density at radius 1 is 1.30 bits per heavy atom. The monoisotopic (exact) mass is 290 g/mol. The summed E-state index contributed by atoms with van der Waals surface area (Å²) in [4.78, 5) is 4.36. The highest BCUT2D eigenvalue weighted by atomic mass is 35.5. The molecular formula is C16H19ClN2O.